The lowest BCUT2D eigenvalue weighted by Crippen LogP contribution is -2.39. The summed E-state index contributed by atoms with van der Waals surface area (Å²) in [6.07, 6.45) is -0.0780. The lowest BCUT2D eigenvalue weighted by Gasteiger charge is -2.20. The Balaban J connectivity index is 2.08. The fourth-order valence-corrected chi connectivity index (χ4v) is 3.55. The van der Waals surface area contributed by atoms with E-state index in [0.717, 1.165) is 11.3 Å². The van der Waals surface area contributed by atoms with Crippen LogP contribution in [0.15, 0.2) is 24.3 Å². The number of Topliss-reactive ketones (excluding diaryl/α,β-unsaturated/α-hetero) is 1. The number of aromatic hydroxyl groups is 1. The third-order valence-corrected chi connectivity index (χ3v) is 4.94. The van der Waals surface area contributed by atoms with Gasteiger partial charge in [0.2, 0.25) is 5.91 Å². The first-order valence-corrected chi connectivity index (χ1v) is 9.34. The Bertz CT molecular complexity index is 885. The van der Waals surface area contributed by atoms with Crippen LogP contribution in [0, 0.1) is 0 Å². The average Bonchev–Trinajstić information content (AvgIpc) is 3.01. The summed E-state index contributed by atoms with van der Waals surface area (Å²) >= 11 is 13.0. The van der Waals surface area contributed by atoms with Gasteiger partial charge in [-0.25, -0.2) is 0 Å². The zero-order valence-corrected chi connectivity index (χ0v) is 16.5. The van der Waals surface area contributed by atoms with Crippen molar-refractivity contribution in [3.8, 4) is 5.75 Å². The molecular formula is C17H17Cl2N3O4S. The summed E-state index contributed by atoms with van der Waals surface area (Å²) in [6, 6.07) is 5.07. The molecule has 5 N–H and O–H groups in total. The largest absolute Gasteiger partial charge is 0.506 e. The number of hydrogen-bond acceptors (Lipinski definition) is 6. The summed E-state index contributed by atoms with van der Waals surface area (Å²) in [5, 5.41) is 16.0. The normalized spacial score (nSPS) is 11.7. The van der Waals surface area contributed by atoms with Gasteiger partial charge in [0.1, 0.15) is 11.5 Å². The van der Waals surface area contributed by atoms with Gasteiger partial charge in [0.15, 0.2) is 0 Å². The number of benzene rings is 1. The molecule has 0 saturated carbocycles. The van der Waals surface area contributed by atoms with Gasteiger partial charge in [-0.3, -0.25) is 14.4 Å². The minimum absolute atomic E-state index is 0.00360. The van der Waals surface area contributed by atoms with Crippen LogP contribution in [0.4, 0.5) is 5.00 Å². The summed E-state index contributed by atoms with van der Waals surface area (Å²) < 4.78 is 0. The molecule has 0 radical (unpaired) electrons. The van der Waals surface area contributed by atoms with Crippen molar-refractivity contribution >= 4 is 57.1 Å². The van der Waals surface area contributed by atoms with E-state index in [4.69, 9.17) is 28.9 Å². The van der Waals surface area contributed by atoms with E-state index in [-0.39, 0.29) is 40.1 Å². The number of nitrogens with one attached hydrogen (secondary N) is 2. The molecule has 0 fully saturated rings. The highest BCUT2D eigenvalue weighted by atomic mass is 35.5. The SMILES string of the molecule is CC(=O)CC(NC(=O)CNC(=O)c1ccc(N)s1)c1cc(Cl)cc(Cl)c1O. The fraction of sp³-hybridized carbons (Fsp3) is 0.235. The van der Waals surface area contributed by atoms with Crippen molar-refractivity contribution in [2.24, 2.45) is 0 Å². The molecule has 7 nitrogen and oxygen atoms in total. The summed E-state index contributed by atoms with van der Waals surface area (Å²) in [5.41, 5.74) is 5.79. The Hall–Kier alpha value is -2.29. The van der Waals surface area contributed by atoms with Crippen molar-refractivity contribution in [2.75, 3.05) is 12.3 Å². The molecule has 0 spiro atoms. The van der Waals surface area contributed by atoms with Crippen LogP contribution in [0.25, 0.3) is 0 Å². The Kier molecular flexibility index (Phi) is 7.06. The number of amides is 2. The molecule has 1 heterocycles. The molecule has 27 heavy (non-hydrogen) atoms. The van der Waals surface area contributed by atoms with Crippen molar-refractivity contribution in [3.63, 3.8) is 0 Å². The third-order valence-electron chi connectivity index (χ3n) is 3.52. The second kappa shape index (κ2) is 9.07. The maximum atomic E-state index is 12.2. The molecule has 0 aliphatic rings. The van der Waals surface area contributed by atoms with Crippen molar-refractivity contribution in [3.05, 3.63) is 44.8 Å². The van der Waals surface area contributed by atoms with Gasteiger partial charge in [0, 0.05) is 17.0 Å². The first-order chi connectivity index (χ1) is 12.7. The van der Waals surface area contributed by atoms with E-state index in [9.17, 15) is 19.5 Å². The second-order valence-corrected chi connectivity index (χ2v) is 7.70. The molecule has 10 heteroatoms. The highest BCUT2D eigenvalue weighted by molar-refractivity contribution is 7.17. The number of nitrogen functional groups attached to an aromatic ring is 1. The van der Waals surface area contributed by atoms with Crippen molar-refractivity contribution in [2.45, 2.75) is 19.4 Å². The molecular weight excluding hydrogens is 413 g/mol. The Morgan fingerprint density at radius 2 is 1.96 bits per heavy atom. The molecule has 1 unspecified atom stereocenters. The molecule has 1 aromatic heterocycles. The third kappa shape index (κ3) is 5.85. The van der Waals surface area contributed by atoms with Crippen molar-refractivity contribution < 1.29 is 19.5 Å². The van der Waals surface area contributed by atoms with E-state index >= 15 is 0 Å². The van der Waals surface area contributed by atoms with Gasteiger partial charge in [0.25, 0.3) is 5.91 Å². The van der Waals surface area contributed by atoms with Crippen LogP contribution < -0.4 is 16.4 Å². The predicted molar refractivity (Wildman–Crippen MR) is 105 cm³/mol. The van der Waals surface area contributed by atoms with Crippen LogP contribution in [-0.2, 0) is 9.59 Å². The zero-order valence-electron chi connectivity index (χ0n) is 14.2. The first kappa shape index (κ1) is 21.0. The number of thiophene rings is 1. The number of rotatable bonds is 7. The number of carbonyl (C=O) groups excluding carboxylic acids is 3. The average molecular weight is 430 g/mol. The van der Waals surface area contributed by atoms with E-state index in [1.165, 1.54) is 19.1 Å². The van der Waals surface area contributed by atoms with Gasteiger partial charge in [-0.05, 0) is 31.2 Å². The number of phenols is 1. The molecule has 2 amide bonds. The second-order valence-electron chi connectivity index (χ2n) is 5.74. The number of carbonyl (C=O) groups is 3. The molecule has 0 aliphatic heterocycles. The van der Waals surface area contributed by atoms with Gasteiger partial charge in [-0.15, -0.1) is 11.3 Å². The number of phenolic OH excluding ortho intramolecular Hbond substituents is 1. The Labute approximate surface area is 169 Å². The topological polar surface area (TPSA) is 122 Å². The van der Waals surface area contributed by atoms with Gasteiger partial charge < -0.3 is 21.5 Å². The minimum atomic E-state index is -0.847. The van der Waals surface area contributed by atoms with Gasteiger partial charge in [-0.1, -0.05) is 23.2 Å². The quantitative estimate of drug-likeness (QED) is 0.538. The van der Waals surface area contributed by atoms with E-state index in [1.807, 2.05) is 0 Å². The predicted octanol–water partition coefficient (Wildman–Crippen LogP) is 2.91. The van der Waals surface area contributed by atoms with Gasteiger partial charge >= 0.3 is 0 Å². The lowest BCUT2D eigenvalue weighted by atomic mass is 10.0. The van der Waals surface area contributed by atoms with E-state index < -0.39 is 17.9 Å². The summed E-state index contributed by atoms with van der Waals surface area (Å²) in [6.45, 7) is 1.03. The van der Waals surface area contributed by atoms with Crippen LogP contribution in [0.5, 0.6) is 5.75 Å². The van der Waals surface area contributed by atoms with Gasteiger partial charge in [0.05, 0.1) is 27.5 Å². The van der Waals surface area contributed by atoms with Crippen molar-refractivity contribution in [1.29, 1.82) is 0 Å². The summed E-state index contributed by atoms with van der Waals surface area (Å²) in [4.78, 5) is 36.1. The smallest absolute Gasteiger partial charge is 0.261 e. The molecule has 0 saturated heterocycles. The molecule has 1 atom stereocenters. The zero-order chi connectivity index (χ0) is 20.1. The van der Waals surface area contributed by atoms with Crippen molar-refractivity contribution in [1.82, 2.24) is 10.6 Å². The minimum Gasteiger partial charge on any atom is -0.506 e. The molecule has 2 aromatic rings. The van der Waals surface area contributed by atoms with Crippen LogP contribution >= 0.6 is 34.5 Å². The van der Waals surface area contributed by atoms with Crippen LogP contribution in [0.1, 0.15) is 34.6 Å². The Morgan fingerprint density at radius 3 is 2.56 bits per heavy atom. The first-order valence-electron chi connectivity index (χ1n) is 7.77. The highest BCUT2D eigenvalue weighted by Crippen LogP contribution is 2.36. The molecule has 144 valence electrons. The number of nitrogens with two attached hydrogens (primary N) is 1. The molecule has 0 aliphatic carbocycles. The standard InChI is InChI=1S/C17H17Cl2N3O4S/c1-8(23)4-12(10-5-9(18)6-11(19)16(10)25)22-15(24)7-21-17(26)13-2-3-14(20)27-13/h2-3,5-6,12,25H,4,7,20H2,1H3,(H,21,26)(H,22,24). The lowest BCUT2D eigenvalue weighted by molar-refractivity contribution is -0.121. The van der Waals surface area contributed by atoms with Gasteiger partial charge in [-0.2, -0.15) is 0 Å². The number of hydrogen-bond donors (Lipinski definition) is 4. The maximum absolute atomic E-state index is 12.2. The molecule has 0 bridgehead atoms. The van der Waals surface area contributed by atoms with Crippen LogP contribution in [0.2, 0.25) is 10.0 Å². The number of ketones is 1. The van der Waals surface area contributed by atoms with E-state index in [1.54, 1.807) is 12.1 Å². The monoisotopic (exact) mass is 429 g/mol. The summed E-state index contributed by atoms with van der Waals surface area (Å²) in [5.74, 6) is -1.47. The van der Waals surface area contributed by atoms with Crippen LogP contribution in [-0.4, -0.2) is 29.2 Å². The fourth-order valence-electron chi connectivity index (χ4n) is 2.35. The van der Waals surface area contributed by atoms with Crippen LogP contribution in [0.3, 0.4) is 0 Å². The number of halogens is 2. The van der Waals surface area contributed by atoms with E-state index in [0.29, 0.717) is 9.88 Å². The molecule has 2 rings (SSSR count). The molecule has 1 aromatic carbocycles. The summed E-state index contributed by atoms with van der Waals surface area (Å²) in [7, 11) is 0. The highest BCUT2D eigenvalue weighted by Gasteiger charge is 2.22. The maximum Gasteiger partial charge on any atom is 0.261 e. The van der Waals surface area contributed by atoms with E-state index in [2.05, 4.69) is 10.6 Å². The Morgan fingerprint density at radius 1 is 1.26 bits per heavy atom. The number of anilines is 1.